The molecule has 0 N–H and O–H groups in total. The van der Waals surface area contributed by atoms with Gasteiger partial charge >= 0.3 is 5.00 Å². The average molecular weight is 469 g/mol. The summed E-state index contributed by atoms with van der Waals surface area (Å²) < 4.78 is 6.30. The van der Waals surface area contributed by atoms with Gasteiger partial charge in [-0.15, -0.1) is 12.4 Å². The van der Waals surface area contributed by atoms with Gasteiger partial charge in [-0.05, 0) is 38.4 Å². The lowest BCUT2D eigenvalue weighted by Crippen LogP contribution is -2.35. The molecule has 0 spiro atoms. The molecule has 3 aromatic rings. The number of thiazole rings is 1. The van der Waals surface area contributed by atoms with E-state index in [0.29, 0.717) is 28.8 Å². The minimum absolute atomic E-state index is 0. The number of rotatable bonds is 8. The summed E-state index contributed by atoms with van der Waals surface area (Å²) in [6, 6.07) is 8.71. The average Bonchev–Trinajstić information content (AvgIpc) is 3.33. The molecule has 0 aliphatic rings. The van der Waals surface area contributed by atoms with Crippen LogP contribution in [0.4, 0.5) is 10.1 Å². The van der Waals surface area contributed by atoms with E-state index in [1.165, 1.54) is 23.5 Å². The Morgan fingerprint density at radius 3 is 2.63 bits per heavy atom. The number of nitro groups is 1. The zero-order valence-electron chi connectivity index (χ0n) is 16.6. The number of hydrogen-bond donors (Lipinski definition) is 0. The normalized spacial score (nSPS) is 11.1. The molecule has 3 rings (SSSR count). The second-order valence-electron chi connectivity index (χ2n) is 6.36. The molecule has 8 nitrogen and oxygen atoms in total. The number of fused-ring (bicyclic) bond motifs is 1. The minimum atomic E-state index is -0.443. The van der Waals surface area contributed by atoms with Crippen molar-refractivity contribution in [3.05, 3.63) is 51.4 Å². The van der Waals surface area contributed by atoms with Crippen LogP contribution in [0.25, 0.3) is 16.3 Å². The van der Waals surface area contributed by atoms with E-state index in [4.69, 9.17) is 4.74 Å². The van der Waals surface area contributed by atoms with Crippen molar-refractivity contribution in [2.75, 3.05) is 39.2 Å². The van der Waals surface area contributed by atoms with E-state index in [0.717, 1.165) is 21.6 Å². The third kappa shape index (κ3) is 5.54. The number of nitrogens with zero attached hydrogens (tertiary/aromatic N) is 4. The molecular formula is C19H21ClN4O4S2. The maximum absolute atomic E-state index is 12.9. The molecular weight excluding hydrogens is 448 g/mol. The number of amides is 1. The van der Waals surface area contributed by atoms with Gasteiger partial charge in [-0.2, -0.15) is 0 Å². The smallest absolute Gasteiger partial charge is 0.324 e. The number of halogens is 1. The lowest BCUT2D eigenvalue weighted by atomic mass is 10.3. The summed E-state index contributed by atoms with van der Waals surface area (Å²) in [6.45, 7) is 1.13. The summed E-state index contributed by atoms with van der Waals surface area (Å²) in [5.41, 5.74) is 0.718. The molecule has 2 aromatic heterocycles. The Morgan fingerprint density at radius 1 is 1.23 bits per heavy atom. The number of thiophene rings is 1. The number of ether oxygens (including phenoxy) is 1. The van der Waals surface area contributed by atoms with Crippen molar-refractivity contribution in [1.29, 1.82) is 0 Å². The van der Waals surface area contributed by atoms with Gasteiger partial charge in [-0.1, -0.05) is 28.7 Å². The van der Waals surface area contributed by atoms with E-state index in [2.05, 4.69) is 4.98 Å². The van der Waals surface area contributed by atoms with Crippen molar-refractivity contribution >= 4 is 67.4 Å². The minimum Gasteiger partial charge on any atom is -0.494 e. The van der Waals surface area contributed by atoms with Gasteiger partial charge in [0, 0.05) is 30.1 Å². The van der Waals surface area contributed by atoms with E-state index >= 15 is 0 Å². The number of likely N-dealkylation sites (N-methyl/N-ethyl adjacent to an activating group) is 1. The Bertz CT molecular complexity index is 1060. The largest absolute Gasteiger partial charge is 0.494 e. The molecule has 1 amide bonds. The van der Waals surface area contributed by atoms with Crippen molar-refractivity contribution in [2.24, 2.45) is 0 Å². The van der Waals surface area contributed by atoms with Crippen molar-refractivity contribution in [1.82, 2.24) is 9.88 Å². The molecule has 0 saturated heterocycles. The van der Waals surface area contributed by atoms with Crippen LogP contribution in [0.1, 0.15) is 4.88 Å². The van der Waals surface area contributed by atoms with Gasteiger partial charge < -0.3 is 9.64 Å². The standard InChI is InChI=1S/C19H20N4O4S2.ClH/c1-21(2)11-12-22(16(24)9-7-13-8-10-17(28-13)23(25)26)19-20-18-14(27-3)5-4-6-15(18)29-19;/h4-10H,11-12H2,1-3H3;1H. The van der Waals surface area contributed by atoms with Crippen molar-refractivity contribution < 1.29 is 14.5 Å². The number of para-hydroxylation sites is 1. The number of methoxy groups -OCH3 is 1. The van der Waals surface area contributed by atoms with Gasteiger partial charge in [0.2, 0.25) is 0 Å². The predicted octanol–water partition coefficient (Wildman–Crippen LogP) is 4.30. The number of carbonyl (C=O) groups excluding carboxylic acids is 1. The van der Waals surface area contributed by atoms with Gasteiger partial charge in [-0.25, -0.2) is 4.98 Å². The molecule has 0 atom stereocenters. The molecule has 0 radical (unpaired) electrons. The quantitative estimate of drug-likeness (QED) is 0.278. The number of benzene rings is 1. The maximum atomic E-state index is 12.9. The first-order valence-electron chi connectivity index (χ1n) is 8.71. The van der Waals surface area contributed by atoms with Gasteiger partial charge in [0.15, 0.2) is 5.13 Å². The molecule has 30 heavy (non-hydrogen) atoms. The second-order valence-corrected chi connectivity index (χ2v) is 8.47. The molecule has 0 aliphatic heterocycles. The molecule has 0 unspecified atom stereocenters. The van der Waals surface area contributed by atoms with E-state index in [9.17, 15) is 14.9 Å². The summed E-state index contributed by atoms with van der Waals surface area (Å²) in [6.07, 6.45) is 3.02. The highest BCUT2D eigenvalue weighted by Gasteiger charge is 2.19. The summed E-state index contributed by atoms with van der Waals surface area (Å²) in [7, 11) is 5.46. The van der Waals surface area contributed by atoms with E-state index < -0.39 is 4.92 Å². The Hall–Kier alpha value is -2.53. The lowest BCUT2D eigenvalue weighted by molar-refractivity contribution is -0.380. The summed E-state index contributed by atoms with van der Waals surface area (Å²) >= 11 is 2.44. The third-order valence-electron chi connectivity index (χ3n) is 4.04. The Labute approximate surface area is 188 Å². The van der Waals surface area contributed by atoms with Gasteiger partial charge in [0.25, 0.3) is 5.91 Å². The van der Waals surface area contributed by atoms with Gasteiger partial charge in [-0.3, -0.25) is 19.8 Å². The second kappa shape index (κ2) is 10.5. The molecule has 160 valence electrons. The third-order valence-corrected chi connectivity index (χ3v) is 6.09. The molecule has 0 bridgehead atoms. The van der Waals surface area contributed by atoms with E-state index in [-0.39, 0.29) is 23.3 Å². The highest BCUT2D eigenvalue weighted by Crippen LogP contribution is 2.34. The highest BCUT2D eigenvalue weighted by molar-refractivity contribution is 7.22. The van der Waals surface area contributed by atoms with Crippen LogP contribution in [0.2, 0.25) is 0 Å². The molecule has 0 fully saturated rings. The van der Waals surface area contributed by atoms with Gasteiger partial charge in [0.1, 0.15) is 11.3 Å². The molecule has 1 aromatic carbocycles. The zero-order valence-corrected chi connectivity index (χ0v) is 19.1. The first kappa shape index (κ1) is 23.7. The molecule has 0 aliphatic carbocycles. The monoisotopic (exact) mass is 468 g/mol. The SMILES string of the molecule is COc1cccc2sc(N(CCN(C)C)C(=O)C=Cc3ccc([N+](=O)[O-])s3)nc12.Cl. The molecule has 0 saturated carbocycles. The fourth-order valence-corrected chi connectivity index (χ4v) is 4.30. The Balaban J connectivity index is 0.00000320. The molecule has 11 heteroatoms. The van der Waals surface area contributed by atoms with Crippen LogP contribution in [0.3, 0.4) is 0 Å². The summed E-state index contributed by atoms with van der Waals surface area (Å²) in [5.74, 6) is 0.423. The fraction of sp³-hybridized carbons (Fsp3) is 0.263. The highest BCUT2D eigenvalue weighted by atomic mass is 35.5. The maximum Gasteiger partial charge on any atom is 0.324 e. The predicted molar refractivity (Wildman–Crippen MR) is 124 cm³/mol. The van der Waals surface area contributed by atoms with Crippen molar-refractivity contribution in [3.8, 4) is 5.75 Å². The topological polar surface area (TPSA) is 88.8 Å². The van der Waals surface area contributed by atoms with Crippen LogP contribution in [-0.4, -0.2) is 55.0 Å². The van der Waals surface area contributed by atoms with Crippen LogP contribution in [0.5, 0.6) is 5.75 Å². The van der Waals surface area contributed by atoms with E-state index in [1.807, 2.05) is 37.2 Å². The number of anilines is 1. The van der Waals surface area contributed by atoms with Crippen LogP contribution in [-0.2, 0) is 4.79 Å². The zero-order chi connectivity index (χ0) is 21.0. The summed E-state index contributed by atoms with van der Waals surface area (Å²) in [5, 5.41) is 11.5. The first-order valence-corrected chi connectivity index (χ1v) is 10.3. The number of aromatic nitrogens is 1. The van der Waals surface area contributed by atoms with Crippen LogP contribution in [0, 0.1) is 10.1 Å². The number of carbonyl (C=O) groups is 1. The van der Waals surface area contributed by atoms with Gasteiger partial charge in [0.05, 0.1) is 16.7 Å². The lowest BCUT2D eigenvalue weighted by Gasteiger charge is -2.20. The van der Waals surface area contributed by atoms with Crippen LogP contribution >= 0.6 is 35.1 Å². The van der Waals surface area contributed by atoms with Crippen molar-refractivity contribution in [2.45, 2.75) is 0 Å². The summed E-state index contributed by atoms with van der Waals surface area (Å²) in [4.78, 5) is 32.2. The molecule has 2 heterocycles. The Kier molecular flexibility index (Phi) is 8.30. The first-order chi connectivity index (χ1) is 13.9. The fourth-order valence-electron chi connectivity index (χ4n) is 2.57. The van der Waals surface area contributed by atoms with E-state index in [1.54, 1.807) is 24.2 Å². The van der Waals surface area contributed by atoms with Crippen molar-refractivity contribution in [3.63, 3.8) is 0 Å². The Morgan fingerprint density at radius 2 is 2.00 bits per heavy atom. The van der Waals surface area contributed by atoms with Crippen LogP contribution < -0.4 is 9.64 Å². The number of hydrogen-bond acceptors (Lipinski definition) is 8. The van der Waals surface area contributed by atoms with Crippen LogP contribution in [0.15, 0.2) is 36.4 Å².